The first-order valence-corrected chi connectivity index (χ1v) is 5.40. The number of nitrogens with one attached hydrogen (secondary N) is 1. The lowest BCUT2D eigenvalue weighted by Crippen LogP contribution is -2.08. The Morgan fingerprint density at radius 3 is 2.74 bits per heavy atom. The van der Waals surface area contributed by atoms with Crippen molar-refractivity contribution in [3.63, 3.8) is 0 Å². The van der Waals surface area contributed by atoms with E-state index in [1.165, 1.54) is 0 Å². The van der Waals surface area contributed by atoms with Crippen molar-refractivity contribution >= 4 is 11.7 Å². The second kappa shape index (κ2) is 5.05. The number of nitrogens with zero attached hydrogens (tertiary/aromatic N) is 2. The van der Waals surface area contributed by atoms with Crippen LogP contribution in [0.25, 0.3) is 0 Å². The van der Waals surface area contributed by atoms with E-state index in [-0.39, 0.29) is 12.2 Å². The van der Waals surface area contributed by atoms with Crippen molar-refractivity contribution in [2.24, 2.45) is 7.05 Å². The number of rotatable bonds is 4. The summed E-state index contributed by atoms with van der Waals surface area (Å²) in [7, 11) is 1.77. The highest BCUT2D eigenvalue weighted by Crippen LogP contribution is 2.20. The highest BCUT2D eigenvalue weighted by Gasteiger charge is 2.15. The summed E-state index contributed by atoms with van der Waals surface area (Å²) in [6.07, 6.45) is 3.17. The molecule has 19 heavy (non-hydrogen) atoms. The maximum Gasteiger partial charge on any atom is 0.338 e. The van der Waals surface area contributed by atoms with Crippen LogP contribution in [0.1, 0.15) is 16.1 Å². The summed E-state index contributed by atoms with van der Waals surface area (Å²) in [5.41, 5.74) is 0.134. The van der Waals surface area contributed by atoms with Gasteiger partial charge in [-0.15, -0.1) is 0 Å². The lowest BCUT2D eigenvalue weighted by molar-refractivity contribution is 0.0692. The molecule has 100 valence electrons. The van der Waals surface area contributed by atoms with Gasteiger partial charge in [0.25, 0.3) is 0 Å². The second-order valence-electron chi connectivity index (χ2n) is 3.97. The molecule has 0 fully saturated rings. The maximum atomic E-state index is 13.5. The van der Waals surface area contributed by atoms with Crippen molar-refractivity contribution in [1.82, 2.24) is 9.55 Å². The van der Waals surface area contributed by atoms with Crippen LogP contribution in [0.5, 0.6) is 0 Å². The van der Waals surface area contributed by atoms with Crippen LogP contribution in [0, 0.1) is 11.6 Å². The number of carbonyl (C=O) groups is 1. The molecule has 0 atom stereocenters. The first kappa shape index (κ1) is 13.0. The van der Waals surface area contributed by atoms with Gasteiger partial charge in [-0.1, -0.05) is 0 Å². The van der Waals surface area contributed by atoms with Crippen molar-refractivity contribution in [1.29, 1.82) is 0 Å². The van der Waals surface area contributed by atoms with E-state index in [0.29, 0.717) is 6.07 Å². The van der Waals surface area contributed by atoms with Gasteiger partial charge in [0.15, 0.2) is 0 Å². The first-order chi connectivity index (χ1) is 8.99. The van der Waals surface area contributed by atoms with E-state index in [4.69, 9.17) is 5.11 Å². The number of hydrogen-bond donors (Lipinski definition) is 2. The van der Waals surface area contributed by atoms with Gasteiger partial charge in [0.05, 0.1) is 29.8 Å². The number of anilines is 1. The zero-order valence-corrected chi connectivity index (χ0v) is 10.0. The fourth-order valence-corrected chi connectivity index (χ4v) is 1.59. The van der Waals surface area contributed by atoms with Crippen LogP contribution in [-0.2, 0) is 13.6 Å². The Labute approximate surface area is 107 Å². The standard InChI is InChI=1S/C12H11F2N3O2/c1-17-6-15-4-7(17)5-16-11-2-8(12(18)19)9(13)3-10(11)14/h2-4,6,16H,5H2,1H3,(H,18,19). The molecular formula is C12H11F2N3O2. The van der Waals surface area contributed by atoms with Gasteiger partial charge in [0.1, 0.15) is 11.6 Å². The molecule has 2 aromatic rings. The third-order valence-electron chi connectivity index (χ3n) is 2.66. The van der Waals surface area contributed by atoms with Gasteiger partial charge in [0, 0.05) is 19.3 Å². The van der Waals surface area contributed by atoms with Crippen LogP contribution >= 0.6 is 0 Å². The molecule has 0 radical (unpaired) electrons. The number of benzene rings is 1. The highest BCUT2D eigenvalue weighted by atomic mass is 19.1. The normalized spacial score (nSPS) is 10.5. The van der Waals surface area contributed by atoms with Gasteiger partial charge in [0.2, 0.25) is 0 Å². The van der Waals surface area contributed by atoms with Crippen molar-refractivity contribution in [2.75, 3.05) is 5.32 Å². The van der Waals surface area contributed by atoms with E-state index in [1.807, 2.05) is 0 Å². The molecule has 1 aromatic carbocycles. The zero-order valence-electron chi connectivity index (χ0n) is 10.0. The molecule has 0 saturated carbocycles. The fraction of sp³-hybridized carbons (Fsp3) is 0.167. The summed E-state index contributed by atoms with van der Waals surface area (Å²) in [5, 5.41) is 11.5. The van der Waals surface area contributed by atoms with Crippen LogP contribution in [-0.4, -0.2) is 20.6 Å². The summed E-state index contributed by atoms with van der Waals surface area (Å²) < 4.78 is 28.4. The number of aromatic nitrogens is 2. The Bertz CT molecular complexity index is 625. The molecule has 7 heteroatoms. The number of carboxylic acid groups (broad SMARTS) is 1. The Hall–Kier alpha value is -2.44. The Morgan fingerprint density at radius 1 is 1.42 bits per heavy atom. The van der Waals surface area contributed by atoms with Crippen LogP contribution in [0.2, 0.25) is 0 Å². The number of aryl methyl sites for hydroxylation is 1. The molecule has 0 unspecified atom stereocenters. The Morgan fingerprint density at radius 2 is 2.16 bits per heavy atom. The lowest BCUT2D eigenvalue weighted by Gasteiger charge is -2.09. The van der Waals surface area contributed by atoms with E-state index in [1.54, 1.807) is 24.1 Å². The first-order valence-electron chi connectivity index (χ1n) is 5.40. The maximum absolute atomic E-state index is 13.5. The van der Waals surface area contributed by atoms with E-state index < -0.39 is 23.2 Å². The minimum absolute atomic E-state index is 0.0694. The summed E-state index contributed by atoms with van der Waals surface area (Å²) in [4.78, 5) is 14.7. The second-order valence-corrected chi connectivity index (χ2v) is 3.97. The van der Waals surface area contributed by atoms with Crippen LogP contribution in [0.3, 0.4) is 0 Å². The van der Waals surface area contributed by atoms with E-state index in [9.17, 15) is 13.6 Å². The van der Waals surface area contributed by atoms with E-state index >= 15 is 0 Å². The summed E-state index contributed by atoms with van der Waals surface area (Å²) in [6.45, 7) is 0.248. The van der Waals surface area contributed by atoms with Crippen molar-refractivity contribution < 1.29 is 18.7 Å². The molecule has 2 N–H and O–H groups in total. The molecule has 1 heterocycles. The zero-order chi connectivity index (χ0) is 14.0. The minimum Gasteiger partial charge on any atom is -0.478 e. The highest BCUT2D eigenvalue weighted by molar-refractivity contribution is 5.89. The third kappa shape index (κ3) is 2.70. The van der Waals surface area contributed by atoms with Gasteiger partial charge in [-0.3, -0.25) is 0 Å². The fourth-order valence-electron chi connectivity index (χ4n) is 1.59. The minimum atomic E-state index is -1.44. The summed E-state index contributed by atoms with van der Waals surface area (Å²) in [5.74, 6) is -3.39. The SMILES string of the molecule is Cn1cncc1CNc1cc(C(=O)O)c(F)cc1F. The van der Waals surface area contributed by atoms with Gasteiger partial charge in [-0.25, -0.2) is 18.6 Å². The molecule has 0 spiro atoms. The molecule has 0 bridgehead atoms. The predicted molar refractivity (Wildman–Crippen MR) is 63.9 cm³/mol. The van der Waals surface area contributed by atoms with Crippen molar-refractivity contribution in [2.45, 2.75) is 6.54 Å². The van der Waals surface area contributed by atoms with Crippen LogP contribution in [0.15, 0.2) is 24.7 Å². The van der Waals surface area contributed by atoms with Gasteiger partial charge in [-0.05, 0) is 6.07 Å². The third-order valence-corrected chi connectivity index (χ3v) is 2.66. The molecule has 5 nitrogen and oxygen atoms in total. The molecule has 0 amide bonds. The molecule has 1 aromatic heterocycles. The molecular weight excluding hydrogens is 256 g/mol. The van der Waals surface area contributed by atoms with Crippen LogP contribution < -0.4 is 5.32 Å². The van der Waals surface area contributed by atoms with Gasteiger partial charge < -0.3 is 15.0 Å². The van der Waals surface area contributed by atoms with Crippen molar-refractivity contribution in [3.05, 3.63) is 47.5 Å². The number of aromatic carboxylic acids is 1. The molecule has 0 aliphatic heterocycles. The molecule has 2 rings (SSSR count). The smallest absolute Gasteiger partial charge is 0.338 e. The average Bonchev–Trinajstić information content (AvgIpc) is 2.73. The molecule has 0 aliphatic rings. The largest absolute Gasteiger partial charge is 0.478 e. The van der Waals surface area contributed by atoms with E-state index in [0.717, 1.165) is 11.8 Å². The Balaban J connectivity index is 2.23. The number of halogens is 2. The van der Waals surface area contributed by atoms with Gasteiger partial charge >= 0.3 is 5.97 Å². The molecule has 0 saturated heterocycles. The van der Waals surface area contributed by atoms with Crippen molar-refractivity contribution in [3.8, 4) is 0 Å². The lowest BCUT2D eigenvalue weighted by atomic mass is 10.1. The molecule has 0 aliphatic carbocycles. The Kier molecular flexibility index (Phi) is 3.46. The summed E-state index contributed by atoms with van der Waals surface area (Å²) in [6, 6.07) is 1.48. The number of imidazole rings is 1. The van der Waals surface area contributed by atoms with Gasteiger partial charge in [-0.2, -0.15) is 0 Å². The average molecular weight is 267 g/mol. The summed E-state index contributed by atoms with van der Waals surface area (Å²) >= 11 is 0. The predicted octanol–water partition coefficient (Wildman–Crippen LogP) is 2.01. The number of carboxylic acids is 1. The quantitative estimate of drug-likeness (QED) is 0.889. The van der Waals surface area contributed by atoms with E-state index in [2.05, 4.69) is 10.3 Å². The van der Waals surface area contributed by atoms with Crippen LogP contribution in [0.4, 0.5) is 14.5 Å². The number of hydrogen-bond acceptors (Lipinski definition) is 3. The topological polar surface area (TPSA) is 67.2 Å². The monoisotopic (exact) mass is 267 g/mol.